The van der Waals surface area contributed by atoms with Crippen LogP contribution in [0.4, 0.5) is 13.2 Å². The second kappa shape index (κ2) is 6.99. The summed E-state index contributed by atoms with van der Waals surface area (Å²) in [5.41, 5.74) is 0.207. The summed E-state index contributed by atoms with van der Waals surface area (Å²) >= 11 is 3.18. The average molecular weight is 404 g/mol. The topological polar surface area (TPSA) is 33.0 Å². The van der Waals surface area contributed by atoms with Gasteiger partial charge in [0.15, 0.2) is 0 Å². The number of hydrogen-bond acceptors (Lipinski definition) is 2. The maximum Gasteiger partial charge on any atom is 0.145 e. The zero-order valence-corrected chi connectivity index (χ0v) is 14.1. The molecule has 0 amide bonds. The number of benzene rings is 3. The van der Waals surface area contributed by atoms with Crippen molar-refractivity contribution in [3.63, 3.8) is 0 Å². The normalized spacial score (nSPS) is 10.4. The molecule has 0 aliphatic rings. The Bertz CT molecular complexity index is 998. The summed E-state index contributed by atoms with van der Waals surface area (Å²) in [6, 6.07) is 13.4. The number of ether oxygens (including phenoxy) is 1. The fourth-order valence-electron chi connectivity index (χ4n) is 2.34. The molecule has 0 spiro atoms. The fraction of sp³-hybridized carbons (Fsp3) is 0. The smallest absolute Gasteiger partial charge is 0.145 e. The molecule has 25 heavy (non-hydrogen) atoms. The van der Waals surface area contributed by atoms with E-state index >= 15 is 0 Å². The van der Waals surface area contributed by atoms with Crippen molar-refractivity contribution in [3.05, 3.63) is 82.1 Å². The molecule has 6 heteroatoms. The van der Waals surface area contributed by atoms with E-state index in [-0.39, 0.29) is 28.2 Å². The van der Waals surface area contributed by atoms with Gasteiger partial charge < -0.3 is 4.74 Å². The van der Waals surface area contributed by atoms with Crippen molar-refractivity contribution in [1.82, 2.24) is 0 Å². The lowest BCUT2D eigenvalue weighted by atomic mass is 9.99. The van der Waals surface area contributed by atoms with Crippen molar-refractivity contribution in [2.24, 2.45) is 0 Å². The molecule has 0 radical (unpaired) electrons. The molecule has 124 valence electrons. The minimum atomic E-state index is -0.655. The molecule has 0 N–H and O–H groups in total. The second-order valence-corrected chi connectivity index (χ2v) is 5.95. The first-order chi connectivity index (χ1) is 12.0. The van der Waals surface area contributed by atoms with Crippen LogP contribution in [0.5, 0.6) is 11.5 Å². The summed E-state index contributed by atoms with van der Waals surface area (Å²) in [6.07, 6.45) is 0. The van der Waals surface area contributed by atoms with E-state index in [2.05, 4.69) is 15.9 Å². The van der Waals surface area contributed by atoms with Gasteiger partial charge in [0.1, 0.15) is 40.6 Å². The fourth-order valence-corrected chi connectivity index (χ4v) is 2.77. The van der Waals surface area contributed by atoms with Crippen LogP contribution in [0.15, 0.2) is 59.1 Å². The molecular formula is C19H9BrF3NO. The van der Waals surface area contributed by atoms with Gasteiger partial charge in [0.25, 0.3) is 0 Å². The Morgan fingerprint density at radius 1 is 0.840 bits per heavy atom. The van der Waals surface area contributed by atoms with E-state index in [0.717, 1.165) is 18.2 Å². The van der Waals surface area contributed by atoms with E-state index in [0.29, 0.717) is 4.47 Å². The lowest BCUT2D eigenvalue weighted by Crippen LogP contribution is -1.95. The van der Waals surface area contributed by atoms with Crippen LogP contribution < -0.4 is 4.74 Å². The zero-order chi connectivity index (χ0) is 18.0. The predicted molar refractivity (Wildman–Crippen MR) is 90.7 cm³/mol. The predicted octanol–water partition coefficient (Wildman–Crippen LogP) is 6.20. The maximum absolute atomic E-state index is 14.1. The van der Waals surface area contributed by atoms with Crippen molar-refractivity contribution in [2.75, 3.05) is 0 Å². The molecule has 3 aromatic carbocycles. The Balaban J connectivity index is 2.11. The van der Waals surface area contributed by atoms with Gasteiger partial charge in [-0.15, -0.1) is 0 Å². The van der Waals surface area contributed by atoms with Gasteiger partial charge in [-0.25, -0.2) is 13.2 Å². The number of hydrogen-bond donors (Lipinski definition) is 0. The van der Waals surface area contributed by atoms with E-state index in [1.54, 1.807) is 6.07 Å². The second-order valence-electron chi connectivity index (χ2n) is 5.09. The summed E-state index contributed by atoms with van der Waals surface area (Å²) in [4.78, 5) is 0. The summed E-state index contributed by atoms with van der Waals surface area (Å²) in [6.45, 7) is 0. The molecule has 3 rings (SSSR count). The van der Waals surface area contributed by atoms with Crippen molar-refractivity contribution in [3.8, 4) is 28.7 Å². The summed E-state index contributed by atoms with van der Waals surface area (Å²) in [7, 11) is 0. The third-order valence-corrected chi connectivity index (χ3v) is 4.09. The first-order valence-electron chi connectivity index (χ1n) is 7.11. The van der Waals surface area contributed by atoms with E-state index in [4.69, 9.17) is 4.74 Å². The Labute approximate surface area is 150 Å². The molecular weight excluding hydrogens is 395 g/mol. The molecule has 0 fully saturated rings. The van der Waals surface area contributed by atoms with Crippen LogP contribution in [-0.4, -0.2) is 0 Å². The van der Waals surface area contributed by atoms with E-state index in [9.17, 15) is 18.4 Å². The molecule has 0 heterocycles. The molecule has 0 saturated carbocycles. The highest BCUT2D eigenvalue weighted by molar-refractivity contribution is 9.10. The lowest BCUT2D eigenvalue weighted by Gasteiger charge is -2.13. The number of rotatable bonds is 3. The Hall–Kier alpha value is -2.78. The molecule has 0 bridgehead atoms. The van der Waals surface area contributed by atoms with E-state index in [1.165, 1.54) is 30.3 Å². The minimum absolute atomic E-state index is 0.0415. The molecule has 2 nitrogen and oxygen atoms in total. The molecule has 0 unspecified atom stereocenters. The van der Waals surface area contributed by atoms with Gasteiger partial charge in [0, 0.05) is 11.1 Å². The Morgan fingerprint density at radius 3 is 2.28 bits per heavy atom. The first-order valence-corrected chi connectivity index (χ1v) is 7.90. The number of nitriles is 1. The standard InChI is InChI=1S/C19H9BrF3NO/c20-16-9-12(22)5-7-19(16)25-18-3-1-2-13(15(18)10-24)14-8-11(21)4-6-17(14)23/h1-9H. The van der Waals surface area contributed by atoms with Crippen LogP contribution in [0.25, 0.3) is 11.1 Å². The molecule has 0 aliphatic carbocycles. The van der Waals surface area contributed by atoms with Crippen molar-refractivity contribution in [1.29, 1.82) is 5.26 Å². The highest BCUT2D eigenvalue weighted by Gasteiger charge is 2.16. The van der Waals surface area contributed by atoms with Crippen LogP contribution in [0, 0.1) is 28.8 Å². The van der Waals surface area contributed by atoms with Gasteiger partial charge in [-0.05, 0) is 58.4 Å². The monoisotopic (exact) mass is 403 g/mol. The van der Waals surface area contributed by atoms with Crippen molar-refractivity contribution < 1.29 is 17.9 Å². The largest absolute Gasteiger partial charge is 0.455 e. The van der Waals surface area contributed by atoms with Crippen molar-refractivity contribution in [2.45, 2.75) is 0 Å². The summed E-state index contributed by atoms with van der Waals surface area (Å²) in [5.74, 6) is -1.29. The zero-order valence-electron chi connectivity index (χ0n) is 12.6. The molecule has 0 atom stereocenters. The third kappa shape index (κ3) is 3.52. The molecule has 0 aromatic heterocycles. The van der Waals surface area contributed by atoms with Gasteiger partial charge >= 0.3 is 0 Å². The van der Waals surface area contributed by atoms with Gasteiger partial charge in [-0.3, -0.25) is 0 Å². The highest BCUT2D eigenvalue weighted by Crippen LogP contribution is 2.36. The van der Waals surface area contributed by atoms with Crippen LogP contribution in [0.2, 0.25) is 0 Å². The van der Waals surface area contributed by atoms with Crippen LogP contribution in [0.3, 0.4) is 0 Å². The Morgan fingerprint density at radius 2 is 1.56 bits per heavy atom. The van der Waals surface area contributed by atoms with Crippen LogP contribution in [0.1, 0.15) is 5.56 Å². The minimum Gasteiger partial charge on any atom is -0.455 e. The van der Waals surface area contributed by atoms with Gasteiger partial charge in [-0.1, -0.05) is 12.1 Å². The van der Waals surface area contributed by atoms with Gasteiger partial charge in [0.2, 0.25) is 0 Å². The van der Waals surface area contributed by atoms with E-state index in [1.807, 2.05) is 6.07 Å². The SMILES string of the molecule is N#Cc1c(Oc2ccc(F)cc2Br)cccc1-c1cc(F)ccc1F. The molecule has 3 aromatic rings. The van der Waals surface area contributed by atoms with Gasteiger partial charge in [-0.2, -0.15) is 5.26 Å². The van der Waals surface area contributed by atoms with Gasteiger partial charge in [0.05, 0.1) is 4.47 Å². The maximum atomic E-state index is 14.1. The number of halogens is 4. The first kappa shape index (κ1) is 17.1. The summed E-state index contributed by atoms with van der Waals surface area (Å²) in [5, 5.41) is 9.49. The quantitative estimate of drug-likeness (QED) is 0.521. The number of nitrogens with zero attached hydrogens (tertiary/aromatic N) is 1. The molecule has 0 aliphatic heterocycles. The average Bonchev–Trinajstić information content (AvgIpc) is 2.59. The Kier molecular flexibility index (Phi) is 4.77. The van der Waals surface area contributed by atoms with E-state index < -0.39 is 17.5 Å². The lowest BCUT2D eigenvalue weighted by molar-refractivity contribution is 0.476. The van der Waals surface area contributed by atoms with Crippen molar-refractivity contribution >= 4 is 15.9 Å². The third-order valence-electron chi connectivity index (χ3n) is 3.47. The van der Waals surface area contributed by atoms with Crippen LogP contribution in [-0.2, 0) is 0 Å². The van der Waals surface area contributed by atoms with Crippen LogP contribution >= 0.6 is 15.9 Å². The molecule has 0 saturated heterocycles. The summed E-state index contributed by atoms with van der Waals surface area (Å²) < 4.78 is 46.8. The highest BCUT2D eigenvalue weighted by atomic mass is 79.9.